The van der Waals surface area contributed by atoms with Crippen molar-refractivity contribution in [3.8, 4) is 0 Å². The molecule has 2 aromatic carbocycles. The summed E-state index contributed by atoms with van der Waals surface area (Å²) in [5.74, 6) is 0. The monoisotopic (exact) mass is 306 g/mol. The zero-order chi connectivity index (χ0) is 15.4. The molecule has 0 N–H and O–H groups in total. The maximum absolute atomic E-state index is 4.74. The molecule has 0 atom stereocenters. The Hall–Kier alpha value is -2.18. The molecule has 1 aromatic heterocycles. The van der Waals surface area contributed by atoms with Crippen molar-refractivity contribution in [2.75, 3.05) is 19.0 Å². The first-order chi connectivity index (χ1) is 10.8. The fraction of sp³-hybridized carbons (Fsp3) is 0.105. The van der Waals surface area contributed by atoms with Crippen LogP contribution in [0.1, 0.15) is 0 Å². The molecule has 0 unspecified atom stereocenters. The van der Waals surface area contributed by atoms with E-state index in [2.05, 4.69) is 85.7 Å². The number of pyridine rings is 1. The van der Waals surface area contributed by atoms with Crippen LogP contribution in [0.2, 0.25) is 0 Å². The summed E-state index contributed by atoms with van der Waals surface area (Å²) < 4.78 is 0. The van der Waals surface area contributed by atoms with Gasteiger partial charge in [-0.15, -0.1) is 0 Å². The van der Waals surface area contributed by atoms with Crippen LogP contribution in [0.5, 0.6) is 0 Å². The fourth-order valence-corrected chi connectivity index (χ4v) is 4.87. The Kier molecular flexibility index (Phi) is 4.50. The Balaban J connectivity index is 2.19. The normalized spacial score (nSPS) is 10.7. The molecular weight excluding hydrogens is 287 g/mol. The van der Waals surface area contributed by atoms with Crippen molar-refractivity contribution in [2.45, 2.75) is 0 Å². The molecule has 1 heterocycles. The van der Waals surface area contributed by atoms with E-state index in [0.29, 0.717) is 0 Å². The van der Waals surface area contributed by atoms with Crippen LogP contribution >= 0.6 is 7.92 Å². The summed E-state index contributed by atoms with van der Waals surface area (Å²) in [6.07, 6.45) is 1.89. The van der Waals surface area contributed by atoms with E-state index in [4.69, 9.17) is 4.98 Å². The summed E-state index contributed by atoms with van der Waals surface area (Å²) >= 11 is 0. The highest BCUT2D eigenvalue weighted by Gasteiger charge is 2.21. The molecule has 0 aliphatic carbocycles. The van der Waals surface area contributed by atoms with Crippen molar-refractivity contribution in [1.29, 1.82) is 0 Å². The van der Waals surface area contributed by atoms with Crippen LogP contribution in [0.15, 0.2) is 79.0 Å². The van der Waals surface area contributed by atoms with Gasteiger partial charge in [0, 0.05) is 28.2 Å². The SMILES string of the molecule is CN(C)c1cccnc1P(c1ccccc1)c1ccccc1. The highest BCUT2D eigenvalue weighted by molar-refractivity contribution is 7.79. The molecule has 0 fully saturated rings. The lowest BCUT2D eigenvalue weighted by atomic mass is 10.4. The van der Waals surface area contributed by atoms with Crippen LogP contribution < -0.4 is 20.9 Å². The number of nitrogens with zero attached hydrogens (tertiary/aromatic N) is 2. The Labute approximate surface area is 133 Å². The van der Waals surface area contributed by atoms with E-state index in [9.17, 15) is 0 Å². The molecule has 0 amide bonds. The Morgan fingerprint density at radius 2 is 1.27 bits per heavy atom. The molecule has 0 spiro atoms. The smallest absolute Gasteiger partial charge is 0.0952 e. The van der Waals surface area contributed by atoms with Gasteiger partial charge in [-0.1, -0.05) is 60.7 Å². The summed E-state index contributed by atoms with van der Waals surface area (Å²) in [6, 6.07) is 25.5. The van der Waals surface area contributed by atoms with E-state index < -0.39 is 7.92 Å². The molecular formula is C19H19N2P. The highest BCUT2D eigenvalue weighted by Crippen LogP contribution is 2.34. The van der Waals surface area contributed by atoms with Crippen molar-refractivity contribution in [3.63, 3.8) is 0 Å². The van der Waals surface area contributed by atoms with Crippen molar-refractivity contribution in [3.05, 3.63) is 79.0 Å². The molecule has 3 heteroatoms. The molecule has 0 aliphatic heterocycles. The topological polar surface area (TPSA) is 16.1 Å². The lowest BCUT2D eigenvalue weighted by Gasteiger charge is -2.24. The van der Waals surface area contributed by atoms with Crippen LogP contribution in [0.25, 0.3) is 0 Å². The second-order valence-electron chi connectivity index (χ2n) is 5.25. The summed E-state index contributed by atoms with van der Waals surface area (Å²) in [7, 11) is 3.49. The van der Waals surface area contributed by atoms with Crippen molar-refractivity contribution in [1.82, 2.24) is 4.98 Å². The Morgan fingerprint density at radius 1 is 0.727 bits per heavy atom. The van der Waals surface area contributed by atoms with E-state index in [1.807, 2.05) is 12.3 Å². The molecule has 0 aliphatic rings. The van der Waals surface area contributed by atoms with E-state index in [1.54, 1.807) is 0 Å². The van der Waals surface area contributed by atoms with Gasteiger partial charge in [0.2, 0.25) is 0 Å². The maximum Gasteiger partial charge on any atom is 0.0952 e. The largest absolute Gasteiger partial charge is 0.376 e. The summed E-state index contributed by atoms with van der Waals surface area (Å²) in [5.41, 5.74) is 2.33. The van der Waals surface area contributed by atoms with Crippen LogP contribution in [0, 0.1) is 0 Å². The van der Waals surface area contributed by atoms with Gasteiger partial charge in [0.15, 0.2) is 0 Å². The third kappa shape index (κ3) is 3.03. The Bertz CT molecular complexity index is 687. The number of aromatic nitrogens is 1. The van der Waals surface area contributed by atoms with Gasteiger partial charge in [0.05, 0.1) is 11.1 Å². The zero-order valence-electron chi connectivity index (χ0n) is 12.8. The molecule has 110 valence electrons. The lowest BCUT2D eigenvalue weighted by molar-refractivity contribution is 1.13. The van der Waals surface area contributed by atoms with Gasteiger partial charge in [-0.3, -0.25) is 4.98 Å². The highest BCUT2D eigenvalue weighted by atomic mass is 31.1. The minimum Gasteiger partial charge on any atom is -0.376 e. The number of hydrogen-bond donors (Lipinski definition) is 0. The lowest BCUT2D eigenvalue weighted by Crippen LogP contribution is -2.27. The van der Waals surface area contributed by atoms with Crippen LogP contribution in [-0.2, 0) is 0 Å². The fourth-order valence-electron chi connectivity index (χ4n) is 2.46. The minimum absolute atomic E-state index is 0.652. The average Bonchev–Trinajstić information content (AvgIpc) is 2.57. The standard InChI is InChI=1S/C19H19N2P/c1-21(2)18-14-9-15-20-19(18)22(16-10-5-3-6-11-16)17-12-7-4-8-13-17/h3-15H,1-2H3. The molecule has 0 saturated heterocycles. The van der Waals surface area contributed by atoms with Crippen LogP contribution in [0.4, 0.5) is 5.69 Å². The molecule has 3 aromatic rings. The number of hydrogen-bond acceptors (Lipinski definition) is 2. The van der Waals surface area contributed by atoms with E-state index in [1.165, 1.54) is 16.3 Å². The van der Waals surface area contributed by atoms with Gasteiger partial charge in [-0.25, -0.2) is 0 Å². The molecule has 3 rings (SSSR count). The van der Waals surface area contributed by atoms with Gasteiger partial charge in [0.25, 0.3) is 0 Å². The van der Waals surface area contributed by atoms with Crippen molar-refractivity contribution < 1.29 is 0 Å². The summed E-state index contributed by atoms with van der Waals surface area (Å²) in [4.78, 5) is 6.88. The van der Waals surface area contributed by atoms with Gasteiger partial charge in [0.1, 0.15) is 0 Å². The predicted molar refractivity (Wildman–Crippen MR) is 97.3 cm³/mol. The third-order valence-corrected chi connectivity index (χ3v) is 5.89. The van der Waals surface area contributed by atoms with E-state index >= 15 is 0 Å². The summed E-state index contributed by atoms with van der Waals surface area (Å²) in [5, 5.41) is 2.65. The first-order valence-corrected chi connectivity index (χ1v) is 8.64. The van der Waals surface area contributed by atoms with Gasteiger partial charge in [-0.05, 0) is 22.7 Å². The number of anilines is 1. The second-order valence-corrected chi connectivity index (χ2v) is 7.37. The van der Waals surface area contributed by atoms with Crippen LogP contribution in [0.3, 0.4) is 0 Å². The summed E-state index contributed by atoms with van der Waals surface area (Å²) in [6.45, 7) is 0. The minimum atomic E-state index is -0.652. The molecule has 0 radical (unpaired) electrons. The van der Waals surface area contributed by atoms with E-state index in [0.717, 1.165) is 5.44 Å². The molecule has 2 nitrogen and oxygen atoms in total. The molecule has 0 saturated carbocycles. The van der Waals surface area contributed by atoms with Crippen LogP contribution in [-0.4, -0.2) is 19.1 Å². The number of benzene rings is 2. The Morgan fingerprint density at radius 3 is 1.77 bits per heavy atom. The quantitative estimate of drug-likeness (QED) is 0.689. The van der Waals surface area contributed by atoms with Crippen molar-refractivity contribution in [2.24, 2.45) is 0 Å². The average molecular weight is 306 g/mol. The first kappa shape index (κ1) is 14.7. The molecule has 22 heavy (non-hydrogen) atoms. The first-order valence-electron chi connectivity index (χ1n) is 7.30. The zero-order valence-corrected chi connectivity index (χ0v) is 13.7. The third-order valence-electron chi connectivity index (χ3n) is 3.49. The second kappa shape index (κ2) is 6.72. The van der Waals surface area contributed by atoms with E-state index in [-0.39, 0.29) is 0 Å². The van der Waals surface area contributed by atoms with Gasteiger partial charge in [-0.2, -0.15) is 0 Å². The maximum atomic E-state index is 4.74. The van der Waals surface area contributed by atoms with Gasteiger partial charge < -0.3 is 4.90 Å². The predicted octanol–water partition coefficient (Wildman–Crippen LogP) is 2.91. The van der Waals surface area contributed by atoms with Gasteiger partial charge >= 0.3 is 0 Å². The van der Waals surface area contributed by atoms with Crippen molar-refractivity contribution >= 4 is 29.7 Å². The molecule has 0 bridgehead atoms. The number of rotatable bonds is 4.